The van der Waals surface area contributed by atoms with Gasteiger partial charge in [-0.2, -0.15) is 5.10 Å². The number of carboxylic acids is 1. The van der Waals surface area contributed by atoms with Gasteiger partial charge in [0.15, 0.2) is 5.82 Å². The lowest BCUT2D eigenvalue weighted by Gasteiger charge is -2.26. The van der Waals surface area contributed by atoms with E-state index in [1.165, 1.54) is 17.3 Å². The molecular formula is C14H21N3O4. The van der Waals surface area contributed by atoms with Crippen molar-refractivity contribution in [1.82, 2.24) is 9.78 Å². The molecule has 1 aromatic rings. The minimum absolute atomic E-state index is 0.00315. The summed E-state index contributed by atoms with van der Waals surface area (Å²) in [7, 11) is 0. The average Bonchev–Trinajstić information content (AvgIpc) is 2.83. The van der Waals surface area contributed by atoms with Gasteiger partial charge in [-0.25, -0.2) is 0 Å². The van der Waals surface area contributed by atoms with E-state index in [1.54, 1.807) is 6.07 Å². The van der Waals surface area contributed by atoms with Gasteiger partial charge in [-0.3, -0.25) is 14.3 Å². The van der Waals surface area contributed by atoms with E-state index >= 15 is 0 Å². The van der Waals surface area contributed by atoms with Gasteiger partial charge in [-0.1, -0.05) is 19.8 Å². The molecule has 2 atom stereocenters. The number of hydrogen-bond acceptors (Lipinski definition) is 4. The van der Waals surface area contributed by atoms with Gasteiger partial charge in [0.25, 0.3) is 5.91 Å². The molecule has 1 aliphatic rings. The smallest absolute Gasteiger partial charge is 0.325 e. The molecule has 116 valence electrons. The molecule has 0 aliphatic heterocycles. The highest BCUT2D eigenvalue weighted by Gasteiger charge is 2.20. The summed E-state index contributed by atoms with van der Waals surface area (Å²) in [5.74, 6) is -0.264. The fourth-order valence-corrected chi connectivity index (χ4v) is 2.56. The Morgan fingerprint density at radius 2 is 2.33 bits per heavy atom. The van der Waals surface area contributed by atoms with Crippen molar-refractivity contribution >= 4 is 17.7 Å². The quantitative estimate of drug-likeness (QED) is 0.829. The Labute approximate surface area is 123 Å². The molecule has 1 aromatic heterocycles. The molecule has 1 aliphatic carbocycles. The van der Waals surface area contributed by atoms with Crippen LogP contribution in [0.4, 0.5) is 5.82 Å². The van der Waals surface area contributed by atoms with E-state index in [0.29, 0.717) is 11.7 Å². The van der Waals surface area contributed by atoms with Crippen LogP contribution in [-0.2, 0) is 20.9 Å². The van der Waals surface area contributed by atoms with E-state index in [4.69, 9.17) is 9.84 Å². The molecule has 2 N–H and O–H groups in total. The van der Waals surface area contributed by atoms with Crippen LogP contribution in [0.5, 0.6) is 0 Å². The molecule has 0 saturated heterocycles. The Morgan fingerprint density at radius 1 is 1.52 bits per heavy atom. The van der Waals surface area contributed by atoms with Crippen LogP contribution in [0, 0.1) is 5.92 Å². The number of hydrogen-bond donors (Lipinski definition) is 2. The molecule has 0 aromatic carbocycles. The second kappa shape index (κ2) is 7.21. The number of nitrogens with zero attached hydrogens (tertiary/aromatic N) is 2. The highest BCUT2D eigenvalue weighted by atomic mass is 16.5. The first-order valence-corrected chi connectivity index (χ1v) is 7.19. The normalized spacial score (nSPS) is 22.0. The summed E-state index contributed by atoms with van der Waals surface area (Å²) in [6.07, 6.45) is 6.04. The molecule has 0 spiro atoms. The van der Waals surface area contributed by atoms with Gasteiger partial charge >= 0.3 is 5.97 Å². The SMILES string of the molecule is C[C@@H]1CCC[C@@H](OCC(=O)Nc2ccn(CC(=O)O)n2)C1. The van der Waals surface area contributed by atoms with Crippen molar-refractivity contribution in [2.45, 2.75) is 45.3 Å². The third kappa shape index (κ3) is 5.18. The fraction of sp³-hybridized carbons (Fsp3) is 0.643. The summed E-state index contributed by atoms with van der Waals surface area (Å²) in [5.41, 5.74) is 0. The van der Waals surface area contributed by atoms with Crippen LogP contribution in [0.1, 0.15) is 32.6 Å². The number of aromatic nitrogens is 2. The molecule has 1 fully saturated rings. The number of carboxylic acid groups (broad SMARTS) is 1. The minimum atomic E-state index is -0.981. The van der Waals surface area contributed by atoms with Gasteiger partial charge in [0.05, 0.1) is 6.10 Å². The van der Waals surface area contributed by atoms with E-state index in [9.17, 15) is 9.59 Å². The molecule has 7 nitrogen and oxygen atoms in total. The predicted octanol–water partition coefficient (Wildman–Crippen LogP) is 1.50. The van der Waals surface area contributed by atoms with E-state index in [-0.39, 0.29) is 25.2 Å². The van der Waals surface area contributed by atoms with Crippen LogP contribution in [0.25, 0.3) is 0 Å². The van der Waals surface area contributed by atoms with E-state index < -0.39 is 5.97 Å². The zero-order valence-corrected chi connectivity index (χ0v) is 12.1. The number of carbonyl (C=O) groups is 2. The summed E-state index contributed by atoms with van der Waals surface area (Å²) in [4.78, 5) is 22.3. The molecule has 0 bridgehead atoms. The Bertz CT molecular complexity index is 500. The van der Waals surface area contributed by atoms with Crippen LogP contribution in [0.15, 0.2) is 12.3 Å². The maximum Gasteiger partial charge on any atom is 0.325 e. The summed E-state index contributed by atoms with van der Waals surface area (Å²) in [5, 5.41) is 15.2. The number of ether oxygens (including phenoxy) is 1. The lowest BCUT2D eigenvalue weighted by Crippen LogP contribution is -2.27. The molecule has 1 amide bonds. The van der Waals surface area contributed by atoms with Crippen molar-refractivity contribution in [3.05, 3.63) is 12.3 Å². The number of nitrogens with one attached hydrogen (secondary N) is 1. The van der Waals surface area contributed by atoms with Gasteiger partial charge in [-0.15, -0.1) is 0 Å². The van der Waals surface area contributed by atoms with Gasteiger partial charge in [0.1, 0.15) is 13.2 Å². The summed E-state index contributed by atoms with van der Waals surface area (Å²) >= 11 is 0. The second-order valence-corrected chi connectivity index (χ2v) is 5.55. The molecule has 21 heavy (non-hydrogen) atoms. The molecule has 7 heteroatoms. The summed E-state index contributed by atoms with van der Waals surface area (Å²) in [6.45, 7) is 1.97. The maximum absolute atomic E-state index is 11.8. The fourth-order valence-electron chi connectivity index (χ4n) is 2.56. The molecule has 0 unspecified atom stereocenters. The number of aliphatic carboxylic acids is 1. The first kappa shape index (κ1) is 15.5. The van der Waals surface area contributed by atoms with Crippen LogP contribution >= 0.6 is 0 Å². The number of rotatable bonds is 6. The van der Waals surface area contributed by atoms with Gasteiger partial charge in [-0.05, 0) is 18.8 Å². The van der Waals surface area contributed by atoms with Crippen molar-refractivity contribution < 1.29 is 19.4 Å². The number of anilines is 1. The largest absolute Gasteiger partial charge is 0.480 e. The lowest BCUT2D eigenvalue weighted by atomic mass is 9.89. The van der Waals surface area contributed by atoms with Crippen molar-refractivity contribution in [3.63, 3.8) is 0 Å². The zero-order valence-electron chi connectivity index (χ0n) is 12.1. The predicted molar refractivity (Wildman–Crippen MR) is 75.9 cm³/mol. The Kier molecular flexibility index (Phi) is 5.32. The molecular weight excluding hydrogens is 274 g/mol. The van der Waals surface area contributed by atoms with Crippen molar-refractivity contribution in [1.29, 1.82) is 0 Å². The van der Waals surface area contributed by atoms with Crippen molar-refractivity contribution in [2.75, 3.05) is 11.9 Å². The molecule has 2 rings (SSSR count). The van der Waals surface area contributed by atoms with Crippen molar-refractivity contribution in [2.24, 2.45) is 5.92 Å². The highest BCUT2D eigenvalue weighted by molar-refractivity contribution is 5.90. The summed E-state index contributed by atoms with van der Waals surface area (Å²) < 4.78 is 6.87. The van der Waals surface area contributed by atoms with Gasteiger partial charge < -0.3 is 15.2 Å². The minimum Gasteiger partial charge on any atom is -0.480 e. The maximum atomic E-state index is 11.8. The molecule has 1 saturated carbocycles. The van der Waals surface area contributed by atoms with Crippen LogP contribution in [0.3, 0.4) is 0 Å². The summed E-state index contributed by atoms with van der Waals surface area (Å²) in [6, 6.07) is 1.56. The lowest BCUT2D eigenvalue weighted by molar-refractivity contribution is -0.137. The standard InChI is InChI=1S/C14H21N3O4/c1-10-3-2-4-11(7-10)21-9-13(18)15-12-5-6-17(16-12)8-14(19)20/h5-6,10-11H,2-4,7-9H2,1H3,(H,19,20)(H,15,16,18)/t10-,11-/m1/s1. The molecule has 1 heterocycles. The number of carbonyl (C=O) groups excluding carboxylic acids is 1. The first-order chi connectivity index (χ1) is 10.0. The van der Waals surface area contributed by atoms with Crippen molar-refractivity contribution in [3.8, 4) is 0 Å². The van der Waals surface area contributed by atoms with Crippen LogP contribution < -0.4 is 5.32 Å². The van der Waals surface area contributed by atoms with E-state index in [2.05, 4.69) is 17.3 Å². The topological polar surface area (TPSA) is 93.5 Å². The third-order valence-corrected chi connectivity index (χ3v) is 3.54. The Hall–Kier alpha value is -1.89. The second-order valence-electron chi connectivity index (χ2n) is 5.55. The molecule has 0 radical (unpaired) electrons. The van der Waals surface area contributed by atoms with E-state index in [1.807, 2.05) is 0 Å². The first-order valence-electron chi connectivity index (χ1n) is 7.19. The van der Waals surface area contributed by atoms with Gasteiger partial charge in [0.2, 0.25) is 0 Å². The zero-order chi connectivity index (χ0) is 15.2. The third-order valence-electron chi connectivity index (χ3n) is 3.54. The van der Waals surface area contributed by atoms with Gasteiger partial charge in [0, 0.05) is 12.3 Å². The number of amides is 1. The van der Waals surface area contributed by atoms with Crippen LogP contribution in [0.2, 0.25) is 0 Å². The Balaban J connectivity index is 1.73. The Morgan fingerprint density at radius 3 is 3.05 bits per heavy atom. The van der Waals surface area contributed by atoms with Crippen LogP contribution in [-0.4, -0.2) is 39.5 Å². The monoisotopic (exact) mass is 295 g/mol. The van der Waals surface area contributed by atoms with E-state index in [0.717, 1.165) is 19.3 Å². The highest BCUT2D eigenvalue weighted by Crippen LogP contribution is 2.25. The average molecular weight is 295 g/mol.